The molecule has 0 aliphatic carbocycles. The molecule has 1 aromatic rings. The van der Waals surface area contributed by atoms with Crippen molar-refractivity contribution in [2.24, 2.45) is 0 Å². The second-order valence-electron chi connectivity index (χ2n) is 5.01. The van der Waals surface area contributed by atoms with Crippen LogP contribution in [0.25, 0.3) is 0 Å². The van der Waals surface area contributed by atoms with Crippen molar-refractivity contribution >= 4 is 11.8 Å². The van der Waals surface area contributed by atoms with Crippen molar-refractivity contribution in [2.75, 3.05) is 13.2 Å². The van der Waals surface area contributed by atoms with E-state index in [1.807, 2.05) is 31.2 Å². The Kier molecular flexibility index (Phi) is 5.12. The molecular weight excluding hydrogens is 256 g/mol. The Morgan fingerprint density at radius 1 is 1.20 bits per heavy atom. The van der Waals surface area contributed by atoms with Gasteiger partial charge < -0.3 is 15.4 Å². The summed E-state index contributed by atoms with van der Waals surface area (Å²) in [5, 5.41) is 5.20. The third-order valence-corrected chi connectivity index (χ3v) is 3.29. The van der Waals surface area contributed by atoms with Crippen LogP contribution < -0.4 is 10.6 Å². The monoisotopic (exact) mass is 276 g/mol. The van der Waals surface area contributed by atoms with Gasteiger partial charge in [0, 0.05) is 19.7 Å². The Morgan fingerprint density at radius 3 is 2.55 bits per heavy atom. The summed E-state index contributed by atoms with van der Waals surface area (Å²) >= 11 is 0. The summed E-state index contributed by atoms with van der Waals surface area (Å²) in [5.41, 5.74) is 2.13. The minimum Gasteiger partial charge on any atom is -0.376 e. The maximum atomic E-state index is 11.6. The summed E-state index contributed by atoms with van der Waals surface area (Å²) in [4.78, 5) is 23.2. The highest BCUT2D eigenvalue weighted by Gasteiger charge is 2.18. The highest BCUT2D eigenvalue weighted by atomic mass is 16.5. The summed E-state index contributed by atoms with van der Waals surface area (Å²) in [6.45, 7) is 3.49. The van der Waals surface area contributed by atoms with Gasteiger partial charge in [0.15, 0.2) is 0 Å². The van der Waals surface area contributed by atoms with E-state index in [1.165, 1.54) is 0 Å². The van der Waals surface area contributed by atoms with Gasteiger partial charge in [0.05, 0.1) is 6.10 Å². The number of hydrogen-bond donors (Lipinski definition) is 2. The van der Waals surface area contributed by atoms with Gasteiger partial charge in [-0.2, -0.15) is 0 Å². The Bertz CT molecular complexity index is 465. The molecular formula is C15H20N2O3. The van der Waals surface area contributed by atoms with Gasteiger partial charge in [0.25, 0.3) is 0 Å². The maximum Gasteiger partial charge on any atom is 0.309 e. The van der Waals surface area contributed by atoms with E-state index in [1.54, 1.807) is 0 Å². The van der Waals surface area contributed by atoms with Crippen molar-refractivity contribution in [3.8, 4) is 0 Å². The van der Waals surface area contributed by atoms with Gasteiger partial charge in [0.1, 0.15) is 0 Å². The van der Waals surface area contributed by atoms with E-state index in [4.69, 9.17) is 4.74 Å². The maximum absolute atomic E-state index is 11.6. The van der Waals surface area contributed by atoms with Crippen LogP contribution in [0, 0.1) is 6.92 Å². The molecule has 1 aromatic carbocycles. The molecule has 1 aliphatic rings. The second-order valence-corrected chi connectivity index (χ2v) is 5.01. The molecule has 2 N–H and O–H groups in total. The number of hydrogen-bond acceptors (Lipinski definition) is 3. The smallest absolute Gasteiger partial charge is 0.309 e. The number of rotatable bonds is 4. The summed E-state index contributed by atoms with van der Waals surface area (Å²) in [7, 11) is 0. The molecule has 0 unspecified atom stereocenters. The Hall–Kier alpha value is -1.88. The van der Waals surface area contributed by atoms with E-state index < -0.39 is 11.8 Å². The molecule has 1 saturated heterocycles. The number of amides is 2. The number of carbonyl (C=O) groups is 2. The molecule has 108 valence electrons. The fraction of sp³-hybridized carbons (Fsp3) is 0.467. The molecule has 5 heteroatoms. The van der Waals surface area contributed by atoms with Crippen LogP contribution in [0.4, 0.5) is 0 Å². The van der Waals surface area contributed by atoms with Crippen LogP contribution in [-0.4, -0.2) is 31.1 Å². The topological polar surface area (TPSA) is 67.4 Å². The normalized spacial score (nSPS) is 17.8. The van der Waals surface area contributed by atoms with Gasteiger partial charge in [0.2, 0.25) is 0 Å². The predicted molar refractivity (Wildman–Crippen MR) is 75.0 cm³/mol. The Balaban J connectivity index is 1.70. The number of nitrogens with one attached hydrogen (secondary N) is 2. The number of carbonyl (C=O) groups excluding carboxylic acids is 2. The van der Waals surface area contributed by atoms with Gasteiger partial charge in [-0.25, -0.2) is 0 Å². The zero-order chi connectivity index (χ0) is 14.4. The first-order valence-electron chi connectivity index (χ1n) is 6.88. The first kappa shape index (κ1) is 14.5. The molecule has 5 nitrogen and oxygen atoms in total. The van der Waals surface area contributed by atoms with Gasteiger partial charge >= 0.3 is 11.8 Å². The van der Waals surface area contributed by atoms with E-state index in [0.29, 0.717) is 13.1 Å². The molecule has 0 spiro atoms. The van der Waals surface area contributed by atoms with E-state index >= 15 is 0 Å². The van der Waals surface area contributed by atoms with Gasteiger partial charge in [-0.1, -0.05) is 29.8 Å². The van der Waals surface area contributed by atoms with Crippen molar-refractivity contribution in [1.82, 2.24) is 10.6 Å². The Labute approximate surface area is 118 Å². The second kappa shape index (κ2) is 7.05. The van der Waals surface area contributed by atoms with Gasteiger partial charge in [-0.15, -0.1) is 0 Å². The van der Waals surface area contributed by atoms with Gasteiger partial charge in [-0.3, -0.25) is 9.59 Å². The lowest BCUT2D eigenvalue weighted by Crippen LogP contribution is -2.42. The van der Waals surface area contributed by atoms with Crippen LogP contribution in [-0.2, 0) is 20.9 Å². The average molecular weight is 276 g/mol. The van der Waals surface area contributed by atoms with E-state index in [2.05, 4.69) is 10.6 Å². The molecule has 0 saturated carbocycles. The highest BCUT2D eigenvalue weighted by molar-refractivity contribution is 6.35. The predicted octanol–water partition coefficient (Wildman–Crippen LogP) is 0.906. The third kappa shape index (κ3) is 4.35. The third-order valence-electron chi connectivity index (χ3n) is 3.29. The minimum absolute atomic E-state index is 0.0452. The molecule has 2 rings (SSSR count). The summed E-state index contributed by atoms with van der Waals surface area (Å²) in [6, 6.07) is 7.80. The van der Waals surface area contributed by atoms with Crippen LogP contribution in [0.2, 0.25) is 0 Å². The summed E-state index contributed by atoms with van der Waals surface area (Å²) in [5.74, 6) is -1.21. The first-order valence-corrected chi connectivity index (χ1v) is 6.88. The molecule has 2 amide bonds. The minimum atomic E-state index is -0.608. The summed E-state index contributed by atoms with van der Waals surface area (Å²) < 4.78 is 5.38. The van der Waals surface area contributed by atoms with Crippen molar-refractivity contribution in [3.63, 3.8) is 0 Å². The zero-order valence-corrected chi connectivity index (χ0v) is 11.6. The number of ether oxygens (including phenoxy) is 1. The quantitative estimate of drug-likeness (QED) is 0.803. The SMILES string of the molecule is Cc1ccc(CNC(=O)C(=O)NC[C@H]2CCCO2)cc1. The van der Waals surface area contributed by atoms with Crippen LogP contribution in [0.15, 0.2) is 24.3 Å². The van der Waals surface area contributed by atoms with Crippen LogP contribution >= 0.6 is 0 Å². The van der Waals surface area contributed by atoms with E-state index in [-0.39, 0.29) is 6.10 Å². The lowest BCUT2D eigenvalue weighted by atomic mass is 10.1. The standard InChI is InChI=1S/C15H20N2O3/c1-11-4-6-12(7-5-11)9-16-14(18)15(19)17-10-13-3-2-8-20-13/h4-7,13H,2-3,8-10H2,1H3,(H,16,18)(H,17,19)/t13-/m1/s1. The molecule has 0 bridgehead atoms. The van der Waals surface area contributed by atoms with Crippen molar-refractivity contribution in [2.45, 2.75) is 32.4 Å². The van der Waals surface area contributed by atoms with Crippen molar-refractivity contribution < 1.29 is 14.3 Å². The van der Waals surface area contributed by atoms with Crippen LogP contribution in [0.3, 0.4) is 0 Å². The molecule has 1 fully saturated rings. The fourth-order valence-corrected chi connectivity index (χ4v) is 2.06. The number of benzene rings is 1. The van der Waals surface area contributed by atoms with E-state index in [9.17, 15) is 9.59 Å². The van der Waals surface area contributed by atoms with E-state index in [0.717, 1.165) is 30.6 Å². The lowest BCUT2D eigenvalue weighted by Gasteiger charge is -2.10. The molecule has 1 atom stereocenters. The Morgan fingerprint density at radius 2 is 1.90 bits per heavy atom. The van der Waals surface area contributed by atoms with Crippen LogP contribution in [0.5, 0.6) is 0 Å². The molecule has 20 heavy (non-hydrogen) atoms. The van der Waals surface area contributed by atoms with Crippen LogP contribution in [0.1, 0.15) is 24.0 Å². The van der Waals surface area contributed by atoms with Gasteiger partial charge in [-0.05, 0) is 25.3 Å². The lowest BCUT2D eigenvalue weighted by molar-refractivity contribution is -0.139. The van der Waals surface area contributed by atoms with Crippen molar-refractivity contribution in [3.05, 3.63) is 35.4 Å². The molecule has 0 aromatic heterocycles. The fourth-order valence-electron chi connectivity index (χ4n) is 2.06. The molecule has 0 radical (unpaired) electrons. The molecule has 1 aliphatic heterocycles. The zero-order valence-electron chi connectivity index (χ0n) is 11.6. The molecule has 1 heterocycles. The highest BCUT2D eigenvalue weighted by Crippen LogP contribution is 2.10. The first-order chi connectivity index (χ1) is 9.65. The van der Waals surface area contributed by atoms with Crippen molar-refractivity contribution in [1.29, 1.82) is 0 Å². The largest absolute Gasteiger partial charge is 0.376 e. The number of aryl methyl sites for hydroxylation is 1. The summed E-state index contributed by atoms with van der Waals surface area (Å²) in [6.07, 6.45) is 2.00. The average Bonchev–Trinajstić information content (AvgIpc) is 2.97.